The number of halogens is 3. The van der Waals surface area contributed by atoms with Crippen LogP contribution in [0.2, 0.25) is 0 Å². The van der Waals surface area contributed by atoms with Crippen molar-refractivity contribution in [3.8, 4) is 0 Å². The van der Waals surface area contributed by atoms with Crippen LogP contribution in [-0.4, -0.2) is 5.97 Å². The molecule has 0 amide bonds. The van der Waals surface area contributed by atoms with Crippen molar-refractivity contribution in [3.63, 3.8) is 0 Å². The lowest BCUT2D eigenvalue weighted by atomic mass is 9.97. The number of alkyl halides is 3. The molecular formula is C13H15F3O2. The van der Waals surface area contributed by atoms with Gasteiger partial charge in [0.2, 0.25) is 0 Å². The molecular weight excluding hydrogens is 245 g/mol. The Morgan fingerprint density at radius 2 is 1.61 bits per heavy atom. The number of hydrogen-bond donors (Lipinski definition) is 0. The third kappa shape index (κ3) is 4.05. The average molecular weight is 260 g/mol. The van der Waals surface area contributed by atoms with Gasteiger partial charge in [-0.05, 0) is 38.5 Å². The molecule has 0 aliphatic rings. The van der Waals surface area contributed by atoms with Gasteiger partial charge in [0.25, 0.3) is 0 Å². The van der Waals surface area contributed by atoms with Crippen molar-refractivity contribution in [1.29, 1.82) is 0 Å². The van der Waals surface area contributed by atoms with E-state index in [1.165, 1.54) is 12.1 Å². The van der Waals surface area contributed by atoms with Crippen molar-refractivity contribution in [1.82, 2.24) is 0 Å². The zero-order valence-electron chi connectivity index (χ0n) is 10.5. The predicted octanol–water partition coefficient (Wildman–Crippen LogP) is 3.79. The highest BCUT2D eigenvalue weighted by Crippen LogP contribution is 2.29. The maximum atomic E-state index is 12.3. The maximum Gasteiger partial charge on any atom is 0.416 e. The minimum Gasteiger partial charge on any atom is -0.460 e. The van der Waals surface area contributed by atoms with E-state index in [4.69, 9.17) is 4.74 Å². The van der Waals surface area contributed by atoms with E-state index in [2.05, 4.69) is 0 Å². The van der Waals surface area contributed by atoms with Crippen LogP contribution >= 0.6 is 0 Å². The topological polar surface area (TPSA) is 26.3 Å². The number of rotatable bonds is 2. The van der Waals surface area contributed by atoms with Gasteiger partial charge in [0.1, 0.15) is 6.61 Å². The van der Waals surface area contributed by atoms with Crippen LogP contribution in [0.5, 0.6) is 0 Å². The van der Waals surface area contributed by atoms with Gasteiger partial charge >= 0.3 is 12.1 Å². The molecule has 1 aromatic carbocycles. The van der Waals surface area contributed by atoms with Crippen LogP contribution in [0.15, 0.2) is 24.3 Å². The van der Waals surface area contributed by atoms with Gasteiger partial charge in [0.15, 0.2) is 0 Å². The summed E-state index contributed by atoms with van der Waals surface area (Å²) in [4.78, 5) is 11.5. The standard InChI is InChI=1S/C13H15F3O2/c1-12(2,3)11(17)18-8-9-4-6-10(7-5-9)13(14,15)16/h4-7H,8H2,1-3H3. The molecule has 0 atom stereocenters. The van der Waals surface area contributed by atoms with E-state index in [9.17, 15) is 18.0 Å². The molecule has 2 nitrogen and oxygen atoms in total. The summed E-state index contributed by atoms with van der Waals surface area (Å²) in [5.74, 6) is -0.387. The lowest BCUT2D eigenvalue weighted by molar-refractivity contribution is -0.154. The van der Waals surface area contributed by atoms with Crippen LogP contribution in [0.1, 0.15) is 31.9 Å². The molecule has 0 heterocycles. The lowest BCUT2D eigenvalue weighted by Crippen LogP contribution is -2.22. The van der Waals surface area contributed by atoms with Crippen LogP contribution < -0.4 is 0 Å². The van der Waals surface area contributed by atoms with Gasteiger partial charge in [-0.25, -0.2) is 0 Å². The Bertz CT molecular complexity index is 413. The number of benzene rings is 1. The summed E-state index contributed by atoms with van der Waals surface area (Å²) in [5, 5.41) is 0. The summed E-state index contributed by atoms with van der Waals surface area (Å²) in [6.07, 6.45) is -4.35. The van der Waals surface area contributed by atoms with Gasteiger partial charge in [0.05, 0.1) is 11.0 Å². The fourth-order valence-corrected chi connectivity index (χ4v) is 1.16. The molecule has 1 aromatic rings. The molecule has 0 radical (unpaired) electrons. The van der Waals surface area contributed by atoms with Crippen LogP contribution in [0.25, 0.3) is 0 Å². The first-order chi connectivity index (χ1) is 8.10. The van der Waals surface area contributed by atoms with Crippen LogP contribution in [0, 0.1) is 5.41 Å². The Labute approximate surface area is 104 Å². The second-order valence-corrected chi connectivity index (χ2v) is 5.02. The number of carbonyl (C=O) groups is 1. The molecule has 18 heavy (non-hydrogen) atoms. The van der Waals surface area contributed by atoms with Gasteiger partial charge in [-0.1, -0.05) is 12.1 Å². The van der Waals surface area contributed by atoms with E-state index in [1.807, 2.05) is 0 Å². The SMILES string of the molecule is CC(C)(C)C(=O)OCc1ccc(C(F)(F)F)cc1. The largest absolute Gasteiger partial charge is 0.460 e. The van der Waals surface area contributed by atoms with Gasteiger partial charge in [0, 0.05) is 0 Å². The number of esters is 1. The Hall–Kier alpha value is -1.52. The summed E-state index contributed by atoms with van der Waals surface area (Å²) < 4.78 is 41.9. The third-order valence-electron chi connectivity index (χ3n) is 2.26. The maximum absolute atomic E-state index is 12.3. The van der Waals surface area contributed by atoms with Crippen LogP contribution in [0.3, 0.4) is 0 Å². The summed E-state index contributed by atoms with van der Waals surface area (Å²) in [5.41, 5.74) is -0.805. The molecule has 0 aliphatic carbocycles. The van der Waals surface area contributed by atoms with E-state index >= 15 is 0 Å². The zero-order chi connectivity index (χ0) is 14.0. The number of carbonyl (C=O) groups excluding carboxylic acids is 1. The Morgan fingerprint density at radius 3 is 2.00 bits per heavy atom. The Kier molecular flexibility index (Phi) is 4.04. The molecule has 0 saturated carbocycles. The van der Waals surface area contributed by atoms with E-state index in [0.717, 1.165) is 12.1 Å². The molecule has 0 spiro atoms. The molecule has 0 aliphatic heterocycles. The highest BCUT2D eigenvalue weighted by Gasteiger charge is 2.30. The zero-order valence-corrected chi connectivity index (χ0v) is 10.5. The fraction of sp³-hybridized carbons (Fsp3) is 0.462. The Balaban J connectivity index is 2.63. The first-order valence-corrected chi connectivity index (χ1v) is 5.44. The van der Waals surface area contributed by atoms with E-state index in [0.29, 0.717) is 5.56 Å². The van der Waals surface area contributed by atoms with Crippen molar-refractivity contribution >= 4 is 5.97 Å². The number of hydrogen-bond acceptors (Lipinski definition) is 2. The molecule has 0 unspecified atom stereocenters. The normalized spacial score (nSPS) is 12.3. The van der Waals surface area contributed by atoms with E-state index < -0.39 is 17.2 Å². The summed E-state index contributed by atoms with van der Waals surface area (Å²) >= 11 is 0. The van der Waals surface area contributed by atoms with Crippen molar-refractivity contribution in [2.75, 3.05) is 0 Å². The van der Waals surface area contributed by atoms with Crippen molar-refractivity contribution in [2.24, 2.45) is 5.41 Å². The molecule has 0 aromatic heterocycles. The van der Waals surface area contributed by atoms with Crippen molar-refractivity contribution < 1.29 is 22.7 Å². The summed E-state index contributed by atoms with van der Waals surface area (Å²) in [6, 6.07) is 4.55. The van der Waals surface area contributed by atoms with Crippen LogP contribution in [-0.2, 0) is 22.3 Å². The highest BCUT2D eigenvalue weighted by molar-refractivity contribution is 5.75. The molecule has 0 N–H and O–H groups in total. The molecule has 0 saturated heterocycles. The average Bonchev–Trinajstić information content (AvgIpc) is 2.24. The second-order valence-electron chi connectivity index (χ2n) is 5.02. The van der Waals surface area contributed by atoms with Gasteiger partial charge in [-0.2, -0.15) is 13.2 Å². The van der Waals surface area contributed by atoms with Crippen molar-refractivity contribution in [3.05, 3.63) is 35.4 Å². The summed E-state index contributed by atoms with van der Waals surface area (Å²) in [6.45, 7) is 5.11. The minimum absolute atomic E-state index is 0.0196. The molecule has 0 bridgehead atoms. The lowest BCUT2D eigenvalue weighted by Gasteiger charge is -2.16. The third-order valence-corrected chi connectivity index (χ3v) is 2.26. The highest BCUT2D eigenvalue weighted by atomic mass is 19.4. The molecule has 1 rings (SSSR count). The first-order valence-electron chi connectivity index (χ1n) is 5.44. The van der Waals surface area contributed by atoms with Gasteiger partial charge in [-0.15, -0.1) is 0 Å². The number of ether oxygens (including phenoxy) is 1. The van der Waals surface area contributed by atoms with Gasteiger partial charge < -0.3 is 4.74 Å². The smallest absolute Gasteiger partial charge is 0.416 e. The first kappa shape index (κ1) is 14.5. The molecule has 0 fully saturated rings. The fourth-order valence-electron chi connectivity index (χ4n) is 1.16. The molecule has 5 heteroatoms. The second kappa shape index (κ2) is 5.00. The Morgan fingerprint density at radius 1 is 1.11 bits per heavy atom. The predicted molar refractivity (Wildman–Crippen MR) is 60.7 cm³/mol. The van der Waals surface area contributed by atoms with Crippen LogP contribution in [0.4, 0.5) is 13.2 Å². The van der Waals surface area contributed by atoms with Gasteiger partial charge in [-0.3, -0.25) is 4.79 Å². The summed E-state index contributed by atoms with van der Waals surface area (Å²) in [7, 11) is 0. The minimum atomic E-state index is -4.35. The molecule has 100 valence electrons. The van der Waals surface area contributed by atoms with E-state index in [-0.39, 0.29) is 12.6 Å². The van der Waals surface area contributed by atoms with Crippen molar-refractivity contribution in [2.45, 2.75) is 33.6 Å². The van der Waals surface area contributed by atoms with E-state index in [1.54, 1.807) is 20.8 Å². The monoisotopic (exact) mass is 260 g/mol. The quantitative estimate of drug-likeness (QED) is 0.756.